The van der Waals surface area contributed by atoms with E-state index in [0.717, 1.165) is 40.5 Å². The molecule has 0 bridgehead atoms. The minimum Gasteiger partial charge on any atom is -0.363 e. The Balaban J connectivity index is 1.61. The van der Waals surface area contributed by atoms with E-state index in [0.29, 0.717) is 11.7 Å². The van der Waals surface area contributed by atoms with Gasteiger partial charge in [0.2, 0.25) is 0 Å². The third-order valence-corrected chi connectivity index (χ3v) is 5.08. The molecular weight excluding hydrogens is 352 g/mol. The number of hydrogen-bond donors (Lipinski definition) is 0. The Labute approximate surface area is 162 Å². The summed E-state index contributed by atoms with van der Waals surface area (Å²) in [7, 11) is 5.88. The standard InChI is InChI=1S/C20H22N8/c1-26(2)18-6-4-5-15(23-18)19-24-20(28(25-19)12-13-7-8-13)14-9-17-16(21-10-14)11-22-27(17)3/h4-6,9-11,13H,7-8,12H2,1-3H3. The van der Waals surface area contributed by atoms with Crippen LogP contribution in [0.2, 0.25) is 0 Å². The van der Waals surface area contributed by atoms with Gasteiger partial charge in [-0.25, -0.2) is 14.6 Å². The van der Waals surface area contributed by atoms with Crippen molar-refractivity contribution in [1.82, 2.24) is 34.5 Å². The fourth-order valence-corrected chi connectivity index (χ4v) is 3.28. The highest BCUT2D eigenvalue weighted by Gasteiger charge is 2.25. The summed E-state index contributed by atoms with van der Waals surface area (Å²) < 4.78 is 3.84. The number of anilines is 1. The monoisotopic (exact) mass is 374 g/mol. The van der Waals surface area contributed by atoms with E-state index in [1.165, 1.54) is 12.8 Å². The fraction of sp³-hybridized carbons (Fsp3) is 0.350. The second kappa shape index (κ2) is 6.40. The molecule has 0 unspecified atom stereocenters. The second-order valence-corrected chi connectivity index (χ2v) is 7.56. The van der Waals surface area contributed by atoms with E-state index in [1.807, 2.05) is 59.8 Å². The zero-order chi connectivity index (χ0) is 19.3. The third kappa shape index (κ3) is 3.00. The summed E-state index contributed by atoms with van der Waals surface area (Å²) in [5.41, 5.74) is 3.57. The molecule has 0 aliphatic heterocycles. The minimum atomic E-state index is 0.643. The van der Waals surface area contributed by atoms with Crippen molar-refractivity contribution in [3.63, 3.8) is 0 Å². The van der Waals surface area contributed by atoms with Crippen molar-refractivity contribution in [2.45, 2.75) is 19.4 Å². The highest BCUT2D eigenvalue weighted by Crippen LogP contribution is 2.33. The molecule has 28 heavy (non-hydrogen) atoms. The molecule has 4 aromatic rings. The topological polar surface area (TPSA) is 77.5 Å². The minimum absolute atomic E-state index is 0.643. The van der Waals surface area contributed by atoms with Crippen molar-refractivity contribution in [2.24, 2.45) is 13.0 Å². The lowest BCUT2D eigenvalue weighted by Gasteiger charge is -2.10. The van der Waals surface area contributed by atoms with Crippen LogP contribution in [0.15, 0.2) is 36.7 Å². The average Bonchev–Trinajstić information content (AvgIpc) is 3.30. The molecule has 0 aromatic carbocycles. The Morgan fingerprint density at radius 2 is 2.00 bits per heavy atom. The molecule has 0 N–H and O–H groups in total. The average molecular weight is 374 g/mol. The number of fused-ring (bicyclic) bond motifs is 1. The zero-order valence-corrected chi connectivity index (χ0v) is 16.2. The van der Waals surface area contributed by atoms with Crippen LogP contribution in [-0.4, -0.2) is 48.6 Å². The van der Waals surface area contributed by atoms with Crippen LogP contribution in [0.1, 0.15) is 12.8 Å². The van der Waals surface area contributed by atoms with Crippen LogP contribution >= 0.6 is 0 Å². The quantitative estimate of drug-likeness (QED) is 0.535. The van der Waals surface area contributed by atoms with Crippen molar-refractivity contribution < 1.29 is 0 Å². The third-order valence-electron chi connectivity index (χ3n) is 5.08. The van der Waals surface area contributed by atoms with Crippen molar-refractivity contribution in [2.75, 3.05) is 19.0 Å². The number of hydrogen-bond acceptors (Lipinski definition) is 6. The van der Waals surface area contributed by atoms with E-state index in [-0.39, 0.29) is 0 Å². The molecule has 5 rings (SSSR count). The summed E-state index contributed by atoms with van der Waals surface area (Å²) in [6, 6.07) is 8.00. The van der Waals surface area contributed by atoms with Gasteiger partial charge in [0.25, 0.3) is 0 Å². The molecule has 0 radical (unpaired) electrons. The number of aromatic nitrogens is 7. The molecule has 1 saturated carbocycles. The predicted molar refractivity (Wildman–Crippen MR) is 108 cm³/mol. The summed E-state index contributed by atoms with van der Waals surface area (Å²) in [5, 5.41) is 9.09. The molecule has 8 nitrogen and oxygen atoms in total. The van der Waals surface area contributed by atoms with Crippen LogP contribution in [0.25, 0.3) is 33.9 Å². The lowest BCUT2D eigenvalue weighted by Crippen LogP contribution is -2.10. The maximum absolute atomic E-state index is 4.85. The van der Waals surface area contributed by atoms with Crippen LogP contribution in [0.5, 0.6) is 0 Å². The number of rotatable bonds is 5. The van der Waals surface area contributed by atoms with Crippen molar-refractivity contribution in [3.8, 4) is 22.9 Å². The van der Waals surface area contributed by atoms with Gasteiger partial charge in [-0.1, -0.05) is 6.07 Å². The molecule has 1 aliphatic rings. The first-order valence-electron chi connectivity index (χ1n) is 9.46. The summed E-state index contributed by atoms with van der Waals surface area (Å²) in [6.07, 6.45) is 6.13. The van der Waals surface area contributed by atoms with Gasteiger partial charge in [-0.3, -0.25) is 9.67 Å². The first-order valence-corrected chi connectivity index (χ1v) is 9.46. The highest BCUT2D eigenvalue weighted by atomic mass is 15.4. The molecule has 4 aromatic heterocycles. The number of pyridine rings is 2. The summed E-state index contributed by atoms with van der Waals surface area (Å²) >= 11 is 0. The van der Waals surface area contributed by atoms with E-state index >= 15 is 0 Å². The Kier molecular flexibility index (Phi) is 3.85. The van der Waals surface area contributed by atoms with Gasteiger partial charge in [-0.15, -0.1) is 5.10 Å². The van der Waals surface area contributed by atoms with Crippen molar-refractivity contribution >= 4 is 16.9 Å². The molecule has 142 valence electrons. The van der Waals surface area contributed by atoms with E-state index in [1.54, 1.807) is 6.20 Å². The first kappa shape index (κ1) is 16.9. The normalized spacial score (nSPS) is 14.0. The van der Waals surface area contributed by atoms with E-state index in [9.17, 15) is 0 Å². The van der Waals surface area contributed by atoms with Gasteiger partial charge in [0.05, 0.1) is 11.7 Å². The first-order chi connectivity index (χ1) is 13.6. The van der Waals surface area contributed by atoms with E-state index in [2.05, 4.69) is 16.1 Å². The van der Waals surface area contributed by atoms with Crippen LogP contribution in [-0.2, 0) is 13.6 Å². The van der Waals surface area contributed by atoms with Gasteiger partial charge in [-0.2, -0.15) is 5.10 Å². The van der Waals surface area contributed by atoms with Crippen LogP contribution < -0.4 is 4.90 Å². The van der Waals surface area contributed by atoms with Crippen molar-refractivity contribution in [3.05, 3.63) is 36.7 Å². The summed E-state index contributed by atoms with van der Waals surface area (Å²) in [6.45, 7) is 0.874. The predicted octanol–water partition coefficient (Wildman–Crippen LogP) is 2.76. The maximum atomic E-state index is 4.85. The van der Waals surface area contributed by atoms with Gasteiger partial charge in [-0.05, 0) is 37.0 Å². The Bertz CT molecular complexity index is 1150. The molecule has 1 fully saturated rings. The van der Waals surface area contributed by atoms with Gasteiger partial charge in [0.1, 0.15) is 17.0 Å². The van der Waals surface area contributed by atoms with Gasteiger partial charge >= 0.3 is 0 Å². The largest absolute Gasteiger partial charge is 0.363 e. The second-order valence-electron chi connectivity index (χ2n) is 7.56. The molecule has 0 spiro atoms. The van der Waals surface area contributed by atoms with Crippen LogP contribution in [0.4, 0.5) is 5.82 Å². The molecule has 4 heterocycles. The van der Waals surface area contributed by atoms with Crippen LogP contribution in [0.3, 0.4) is 0 Å². The Morgan fingerprint density at radius 3 is 2.79 bits per heavy atom. The number of nitrogens with zero attached hydrogens (tertiary/aromatic N) is 8. The molecule has 1 aliphatic carbocycles. The Morgan fingerprint density at radius 1 is 1.14 bits per heavy atom. The van der Waals surface area contributed by atoms with Crippen molar-refractivity contribution in [1.29, 1.82) is 0 Å². The molecular formula is C20H22N8. The fourth-order valence-electron chi connectivity index (χ4n) is 3.28. The smallest absolute Gasteiger partial charge is 0.200 e. The molecule has 0 atom stereocenters. The Hall–Kier alpha value is -3.29. The van der Waals surface area contributed by atoms with Gasteiger partial charge < -0.3 is 4.90 Å². The molecule has 8 heteroatoms. The lowest BCUT2D eigenvalue weighted by molar-refractivity contribution is 0.569. The van der Waals surface area contributed by atoms with Crippen LogP contribution in [0, 0.1) is 5.92 Å². The summed E-state index contributed by atoms with van der Waals surface area (Å²) in [4.78, 5) is 16.1. The van der Waals surface area contributed by atoms with Gasteiger partial charge in [0.15, 0.2) is 11.6 Å². The molecule has 0 saturated heterocycles. The van der Waals surface area contributed by atoms with Gasteiger partial charge in [0, 0.05) is 39.4 Å². The number of aryl methyl sites for hydroxylation is 1. The summed E-state index contributed by atoms with van der Waals surface area (Å²) in [5.74, 6) is 3.04. The van der Waals surface area contributed by atoms with E-state index in [4.69, 9.17) is 15.1 Å². The molecule has 0 amide bonds. The zero-order valence-electron chi connectivity index (χ0n) is 16.2. The highest BCUT2D eigenvalue weighted by molar-refractivity contribution is 5.79. The van der Waals surface area contributed by atoms with E-state index < -0.39 is 0 Å². The SMILES string of the molecule is CN(C)c1cccc(-c2nc(-c3cnc4cnn(C)c4c3)n(CC3CC3)n2)n1. The maximum Gasteiger partial charge on any atom is 0.200 e. The lowest BCUT2D eigenvalue weighted by atomic mass is 10.2.